The molecule has 1 aliphatic rings. The van der Waals surface area contributed by atoms with Gasteiger partial charge in [-0.1, -0.05) is 18.7 Å². The smallest absolute Gasteiger partial charge is 0.258 e. The average molecular weight is 342 g/mol. The zero-order valence-corrected chi connectivity index (χ0v) is 13.7. The van der Waals surface area contributed by atoms with Crippen molar-refractivity contribution in [3.05, 3.63) is 52.3 Å². The van der Waals surface area contributed by atoms with Gasteiger partial charge in [0, 0.05) is 12.3 Å². The van der Waals surface area contributed by atoms with E-state index in [1.54, 1.807) is 24.3 Å². The zero-order valence-electron chi connectivity index (χ0n) is 13.7. The summed E-state index contributed by atoms with van der Waals surface area (Å²) in [5, 5.41) is 2.59. The molecule has 130 valence electrons. The molecular weight excluding hydrogens is 324 g/mol. The first-order valence-electron chi connectivity index (χ1n) is 7.64. The quantitative estimate of drug-likeness (QED) is 0.707. The number of nitrogens with two attached hydrogens (primary N) is 1. The number of hydrogen-bond donors (Lipinski definition) is 3. The molecule has 1 aromatic carbocycles. The van der Waals surface area contributed by atoms with E-state index in [1.807, 2.05) is 0 Å². The summed E-state index contributed by atoms with van der Waals surface area (Å²) in [6, 6.07) is 5.29. The van der Waals surface area contributed by atoms with Crippen LogP contribution in [-0.2, 0) is 4.79 Å². The summed E-state index contributed by atoms with van der Waals surface area (Å²) in [5.41, 5.74) is 6.30. The molecule has 0 bridgehead atoms. The molecule has 1 aromatic heterocycles. The second kappa shape index (κ2) is 6.68. The monoisotopic (exact) mass is 342 g/mol. The molecule has 2 aromatic rings. The molecule has 1 aliphatic heterocycles. The number of anilines is 2. The van der Waals surface area contributed by atoms with Gasteiger partial charge in [0.1, 0.15) is 12.4 Å². The summed E-state index contributed by atoms with van der Waals surface area (Å²) in [4.78, 5) is 30.9. The van der Waals surface area contributed by atoms with Gasteiger partial charge in [-0.2, -0.15) is 4.98 Å². The van der Waals surface area contributed by atoms with Crippen molar-refractivity contribution in [2.75, 3.05) is 24.8 Å². The summed E-state index contributed by atoms with van der Waals surface area (Å²) < 4.78 is 10.9. The van der Waals surface area contributed by atoms with Crippen molar-refractivity contribution >= 4 is 17.7 Å². The van der Waals surface area contributed by atoms with Crippen LogP contribution in [-0.4, -0.2) is 29.6 Å². The number of carbonyl (C=O) groups excluding carboxylic acids is 1. The Hall–Kier alpha value is -3.29. The summed E-state index contributed by atoms with van der Waals surface area (Å²) in [6.07, 6.45) is 1.75. The van der Waals surface area contributed by atoms with E-state index in [0.29, 0.717) is 23.7 Å². The highest BCUT2D eigenvalue weighted by atomic mass is 16.5. The summed E-state index contributed by atoms with van der Waals surface area (Å²) in [7, 11) is 1.52. The van der Waals surface area contributed by atoms with Gasteiger partial charge in [0.15, 0.2) is 11.5 Å². The van der Waals surface area contributed by atoms with Crippen molar-refractivity contribution in [1.82, 2.24) is 9.97 Å². The lowest BCUT2D eigenvalue weighted by Gasteiger charge is -2.24. The molecule has 0 aliphatic carbocycles. The van der Waals surface area contributed by atoms with Crippen molar-refractivity contribution in [3.63, 3.8) is 0 Å². The number of H-pyrrole nitrogens is 1. The van der Waals surface area contributed by atoms with Crippen molar-refractivity contribution in [3.8, 4) is 11.5 Å². The second-order valence-corrected chi connectivity index (χ2v) is 5.53. The highest BCUT2D eigenvalue weighted by molar-refractivity contribution is 5.94. The molecule has 1 amide bonds. The van der Waals surface area contributed by atoms with Crippen LogP contribution in [0.2, 0.25) is 0 Å². The lowest BCUT2D eigenvalue weighted by Crippen LogP contribution is -2.31. The molecule has 1 atom stereocenters. The third-order valence-corrected chi connectivity index (χ3v) is 3.92. The Kier molecular flexibility index (Phi) is 4.42. The molecular formula is C17H18N4O4. The first kappa shape index (κ1) is 16.6. The Morgan fingerprint density at radius 1 is 1.40 bits per heavy atom. The van der Waals surface area contributed by atoms with Crippen LogP contribution in [0.1, 0.15) is 23.5 Å². The predicted molar refractivity (Wildman–Crippen MR) is 93.0 cm³/mol. The molecule has 1 unspecified atom stereocenters. The third kappa shape index (κ3) is 3.18. The average Bonchev–Trinajstić information content (AvgIpc) is 2.58. The van der Waals surface area contributed by atoms with Gasteiger partial charge in [0.2, 0.25) is 11.9 Å². The Morgan fingerprint density at radius 2 is 2.20 bits per heavy atom. The molecule has 0 saturated carbocycles. The van der Waals surface area contributed by atoms with E-state index in [2.05, 4.69) is 21.9 Å². The first-order chi connectivity index (χ1) is 12.0. The highest BCUT2D eigenvalue weighted by Gasteiger charge is 2.31. The van der Waals surface area contributed by atoms with Crippen LogP contribution >= 0.6 is 0 Å². The summed E-state index contributed by atoms with van der Waals surface area (Å²) in [6.45, 7) is 3.95. The number of aromatic nitrogens is 2. The number of nitrogen functional groups attached to an aromatic ring is 1. The minimum absolute atomic E-state index is 0.0459. The van der Waals surface area contributed by atoms with Gasteiger partial charge in [-0.05, 0) is 17.7 Å². The molecule has 3 rings (SSSR count). The fourth-order valence-electron chi connectivity index (χ4n) is 2.84. The minimum atomic E-state index is -0.456. The Morgan fingerprint density at radius 3 is 2.92 bits per heavy atom. The number of benzene rings is 1. The summed E-state index contributed by atoms with van der Waals surface area (Å²) in [5.74, 6) is 0.510. The van der Waals surface area contributed by atoms with Gasteiger partial charge < -0.3 is 20.5 Å². The second-order valence-electron chi connectivity index (χ2n) is 5.53. The largest absolute Gasteiger partial charge is 0.493 e. The van der Waals surface area contributed by atoms with Crippen LogP contribution in [0.4, 0.5) is 11.8 Å². The van der Waals surface area contributed by atoms with Crippen LogP contribution < -0.4 is 26.1 Å². The number of nitrogens with one attached hydrogen (secondary N) is 2. The maximum absolute atomic E-state index is 12.3. The van der Waals surface area contributed by atoms with Crippen LogP contribution in [0.25, 0.3) is 0 Å². The van der Waals surface area contributed by atoms with Crippen molar-refractivity contribution in [2.45, 2.75) is 12.3 Å². The Labute approximate surface area is 143 Å². The number of aromatic amines is 1. The molecule has 4 N–H and O–H groups in total. The normalized spacial score (nSPS) is 15.9. The number of methoxy groups -OCH3 is 1. The molecule has 0 spiro atoms. The van der Waals surface area contributed by atoms with Crippen LogP contribution in [0.3, 0.4) is 0 Å². The van der Waals surface area contributed by atoms with Crippen LogP contribution in [0.15, 0.2) is 35.6 Å². The van der Waals surface area contributed by atoms with Gasteiger partial charge in [-0.25, -0.2) is 0 Å². The van der Waals surface area contributed by atoms with Gasteiger partial charge >= 0.3 is 0 Å². The van der Waals surface area contributed by atoms with Gasteiger partial charge in [0.25, 0.3) is 5.56 Å². The standard InChI is InChI=1S/C17H18N4O4/c1-3-6-25-11-5-4-9(7-12(11)24-2)10-8-13(22)19-15-14(10)16(23)21-17(18)20-15/h3-5,7,10H,1,6,8H2,2H3,(H4,18,19,20,21,22,23). The molecule has 8 heteroatoms. The lowest BCUT2D eigenvalue weighted by molar-refractivity contribution is -0.116. The fraction of sp³-hybridized carbons (Fsp3) is 0.235. The molecule has 2 heterocycles. The maximum Gasteiger partial charge on any atom is 0.258 e. The van der Waals surface area contributed by atoms with Crippen LogP contribution in [0, 0.1) is 0 Å². The minimum Gasteiger partial charge on any atom is -0.493 e. The predicted octanol–water partition coefficient (Wildman–Crippen LogP) is 1.40. The fourth-order valence-corrected chi connectivity index (χ4v) is 2.84. The number of ether oxygens (including phenoxy) is 2. The van der Waals surface area contributed by atoms with Gasteiger partial charge in [0.05, 0.1) is 12.7 Å². The van der Waals surface area contributed by atoms with Crippen LogP contribution in [0.5, 0.6) is 11.5 Å². The van der Waals surface area contributed by atoms with E-state index in [-0.39, 0.29) is 29.7 Å². The molecule has 0 radical (unpaired) electrons. The van der Waals surface area contributed by atoms with E-state index in [1.165, 1.54) is 7.11 Å². The zero-order chi connectivity index (χ0) is 18.0. The van der Waals surface area contributed by atoms with Crippen molar-refractivity contribution in [1.29, 1.82) is 0 Å². The lowest BCUT2D eigenvalue weighted by atomic mass is 9.86. The van der Waals surface area contributed by atoms with Crippen molar-refractivity contribution in [2.24, 2.45) is 0 Å². The number of rotatable bonds is 5. The van der Waals surface area contributed by atoms with E-state index in [0.717, 1.165) is 5.56 Å². The summed E-state index contributed by atoms with van der Waals surface area (Å²) >= 11 is 0. The maximum atomic E-state index is 12.3. The van der Waals surface area contributed by atoms with E-state index in [9.17, 15) is 9.59 Å². The molecule has 0 fully saturated rings. The van der Waals surface area contributed by atoms with E-state index in [4.69, 9.17) is 15.2 Å². The van der Waals surface area contributed by atoms with Crippen molar-refractivity contribution < 1.29 is 14.3 Å². The Balaban J connectivity index is 2.07. The number of nitrogens with zero attached hydrogens (tertiary/aromatic N) is 1. The number of hydrogen-bond acceptors (Lipinski definition) is 6. The van der Waals surface area contributed by atoms with Gasteiger partial charge in [-0.3, -0.25) is 14.6 Å². The topological polar surface area (TPSA) is 119 Å². The molecule has 25 heavy (non-hydrogen) atoms. The highest BCUT2D eigenvalue weighted by Crippen LogP contribution is 2.38. The number of fused-ring (bicyclic) bond motifs is 1. The van der Waals surface area contributed by atoms with E-state index >= 15 is 0 Å². The van der Waals surface area contributed by atoms with Gasteiger partial charge in [-0.15, -0.1) is 0 Å². The number of amides is 1. The first-order valence-corrected chi connectivity index (χ1v) is 7.64. The third-order valence-electron chi connectivity index (χ3n) is 3.92. The molecule has 8 nitrogen and oxygen atoms in total. The SMILES string of the molecule is C=CCOc1ccc(C2CC(=O)Nc3nc(N)[nH]c(=O)c32)cc1OC. The molecule has 0 saturated heterocycles. The Bertz CT molecular complexity index is 891. The van der Waals surface area contributed by atoms with E-state index < -0.39 is 5.92 Å². The number of carbonyl (C=O) groups is 1.